The summed E-state index contributed by atoms with van der Waals surface area (Å²) in [6.07, 6.45) is -0.912. The number of carbonyl (C=O) groups is 6. The lowest BCUT2D eigenvalue weighted by Gasteiger charge is -2.72. The summed E-state index contributed by atoms with van der Waals surface area (Å²) in [5.41, 5.74) is -5.35. The molecule has 14 nitrogen and oxygen atoms in total. The van der Waals surface area contributed by atoms with Gasteiger partial charge in [-0.15, -0.1) is 0 Å². The molecule has 0 bridgehead atoms. The third-order valence-corrected chi connectivity index (χ3v) is 14.2. The minimum Gasteiger partial charge on any atom is -0.472 e. The SMILES string of the molecule is C/C=C(/C)C(=O)O[C@H]1[C@H](OC(C)=O)[C@@H]2[C@@]3(C)[C@@H](OC(C)=O)C[C@@H](OC(C)=O)[C@@](C)(C(=O)OC)[C@@H]3C[C@@H](OC(C)=O)[C@@]2(C)[C@@]23O[C@@H]2C[C@@H](c2ccoc2)[C@]13C. The molecule has 14 atom stereocenters. The fourth-order valence-corrected chi connectivity index (χ4v) is 12.2. The molecule has 1 aromatic heterocycles. The fourth-order valence-electron chi connectivity index (χ4n) is 12.2. The summed E-state index contributed by atoms with van der Waals surface area (Å²) in [6, 6.07) is 1.84. The number of rotatable bonds is 8. The van der Waals surface area contributed by atoms with E-state index < -0.39 is 112 Å². The van der Waals surface area contributed by atoms with E-state index in [1.54, 1.807) is 39.4 Å². The molecule has 296 valence electrons. The highest BCUT2D eigenvalue weighted by atomic mass is 16.6. The Morgan fingerprint density at radius 3 is 1.89 bits per heavy atom. The Balaban J connectivity index is 1.71. The van der Waals surface area contributed by atoms with Crippen molar-refractivity contribution in [2.24, 2.45) is 33.5 Å². The normalized spacial score (nSPS) is 43.2. The summed E-state index contributed by atoms with van der Waals surface area (Å²) in [6.45, 7) is 15.7. The van der Waals surface area contributed by atoms with Gasteiger partial charge < -0.3 is 37.6 Å². The molecule has 54 heavy (non-hydrogen) atoms. The Morgan fingerprint density at radius 1 is 0.759 bits per heavy atom. The minimum atomic E-state index is -1.60. The first-order valence-electron chi connectivity index (χ1n) is 18.5. The van der Waals surface area contributed by atoms with Crippen LogP contribution >= 0.6 is 0 Å². The van der Waals surface area contributed by atoms with Crippen LogP contribution in [-0.4, -0.2) is 85.2 Å². The van der Waals surface area contributed by atoms with E-state index in [-0.39, 0.29) is 18.8 Å². The van der Waals surface area contributed by atoms with Crippen LogP contribution in [0.5, 0.6) is 0 Å². The van der Waals surface area contributed by atoms with E-state index in [9.17, 15) is 28.8 Å². The predicted molar refractivity (Wildman–Crippen MR) is 186 cm³/mol. The van der Waals surface area contributed by atoms with Crippen LogP contribution in [0.25, 0.3) is 0 Å². The van der Waals surface area contributed by atoms with E-state index in [0.29, 0.717) is 12.0 Å². The van der Waals surface area contributed by atoms with Crippen molar-refractivity contribution in [3.8, 4) is 0 Å². The van der Waals surface area contributed by atoms with Crippen molar-refractivity contribution in [2.75, 3.05) is 7.11 Å². The number of furan rings is 1. The average Bonchev–Trinajstić information content (AvgIpc) is 3.44. The smallest absolute Gasteiger partial charge is 0.333 e. The van der Waals surface area contributed by atoms with Crippen molar-refractivity contribution in [2.45, 2.75) is 137 Å². The summed E-state index contributed by atoms with van der Waals surface area (Å²) in [4.78, 5) is 80.4. The van der Waals surface area contributed by atoms with E-state index in [2.05, 4.69) is 0 Å². The molecule has 4 saturated carbocycles. The van der Waals surface area contributed by atoms with Gasteiger partial charge in [0.05, 0.1) is 25.7 Å². The van der Waals surface area contributed by atoms with Crippen molar-refractivity contribution < 1.29 is 66.3 Å². The van der Waals surface area contributed by atoms with Crippen LogP contribution in [0.3, 0.4) is 0 Å². The Hall–Kier alpha value is -4.20. The lowest BCUT2D eigenvalue weighted by atomic mass is 9.33. The second-order valence-electron chi connectivity index (χ2n) is 16.6. The highest BCUT2D eigenvalue weighted by molar-refractivity contribution is 5.88. The molecule has 1 spiro atoms. The van der Waals surface area contributed by atoms with Gasteiger partial charge in [0, 0.05) is 67.8 Å². The van der Waals surface area contributed by atoms with E-state index in [1.165, 1.54) is 34.8 Å². The molecule has 0 aromatic carbocycles. The van der Waals surface area contributed by atoms with Gasteiger partial charge in [0.1, 0.15) is 41.5 Å². The van der Waals surface area contributed by atoms with Crippen molar-refractivity contribution in [3.63, 3.8) is 0 Å². The fraction of sp³-hybridized carbons (Fsp3) is 0.700. The number of hydrogen-bond acceptors (Lipinski definition) is 14. The lowest BCUT2D eigenvalue weighted by Crippen LogP contribution is -2.81. The third-order valence-electron chi connectivity index (χ3n) is 14.2. The van der Waals surface area contributed by atoms with E-state index >= 15 is 0 Å². The highest BCUT2D eigenvalue weighted by Crippen LogP contribution is 2.83. The van der Waals surface area contributed by atoms with Gasteiger partial charge >= 0.3 is 35.8 Å². The Kier molecular flexibility index (Phi) is 9.68. The predicted octanol–water partition coefficient (Wildman–Crippen LogP) is 4.76. The minimum absolute atomic E-state index is 0.0173. The largest absolute Gasteiger partial charge is 0.472 e. The summed E-state index contributed by atoms with van der Waals surface area (Å²) in [5, 5.41) is 0. The summed E-state index contributed by atoms with van der Waals surface area (Å²) >= 11 is 0. The van der Waals surface area contributed by atoms with Crippen LogP contribution in [0.2, 0.25) is 0 Å². The van der Waals surface area contributed by atoms with Crippen molar-refractivity contribution in [3.05, 3.63) is 35.8 Å². The molecule has 1 saturated heterocycles. The molecule has 6 rings (SSSR count). The molecule has 5 aliphatic rings. The maximum atomic E-state index is 14.2. The number of ether oxygens (including phenoxy) is 7. The summed E-state index contributed by atoms with van der Waals surface area (Å²) in [7, 11) is 1.23. The average molecular weight is 757 g/mol. The van der Waals surface area contributed by atoms with Crippen LogP contribution in [-0.2, 0) is 61.9 Å². The second kappa shape index (κ2) is 13.2. The lowest BCUT2D eigenvalue weighted by molar-refractivity contribution is -0.330. The monoisotopic (exact) mass is 756 g/mol. The molecule has 1 aliphatic heterocycles. The van der Waals surface area contributed by atoms with Crippen molar-refractivity contribution >= 4 is 35.8 Å². The van der Waals surface area contributed by atoms with Crippen LogP contribution < -0.4 is 0 Å². The molecule has 5 fully saturated rings. The Bertz CT molecular complexity index is 1770. The van der Waals surface area contributed by atoms with Gasteiger partial charge in [0.2, 0.25) is 0 Å². The molecular weight excluding hydrogens is 704 g/mol. The number of allylic oxidation sites excluding steroid dienone is 1. The number of esters is 6. The Morgan fingerprint density at radius 2 is 1.35 bits per heavy atom. The van der Waals surface area contributed by atoms with Gasteiger partial charge in [-0.2, -0.15) is 0 Å². The van der Waals surface area contributed by atoms with Gasteiger partial charge in [-0.25, -0.2) is 4.79 Å². The standard InChI is InChI=1S/C40H52O14/c1-12-19(2)34(45)53-33-31(52-23(6)44)32-36(7)26(37(8,35(46)47-11)28(50-21(4)42)17-27(36)49-20(3)41)16-29(51-22(5)43)39(32,10)40-30(54-40)15-25(38(33,40)9)24-13-14-48-18-24/h12-14,18,25-33H,15-17H2,1-11H3/b19-12-/t25-,26+,27-,28+,29+,30+,31+,32+,33-,36+,37-,38+,39+,40+/m0/s1. The maximum Gasteiger partial charge on any atom is 0.333 e. The molecule has 0 amide bonds. The first-order valence-corrected chi connectivity index (χ1v) is 18.5. The zero-order chi connectivity index (χ0) is 39.9. The van der Waals surface area contributed by atoms with Gasteiger partial charge in [0.25, 0.3) is 0 Å². The molecule has 2 heterocycles. The zero-order valence-corrected chi connectivity index (χ0v) is 32.8. The quantitative estimate of drug-likeness (QED) is 0.153. The molecular formula is C40H52O14. The zero-order valence-electron chi connectivity index (χ0n) is 32.8. The van der Waals surface area contributed by atoms with Crippen LogP contribution in [0.4, 0.5) is 0 Å². The number of epoxide rings is 1. The maximum absolute atomic E-state index is 14.2. The number of carbonyl (C=O) groups excluding carboxylic acids is 6. The van der Waals surface area contributed by atoms with E-state index in [1.807, 2.05) is 26.8 Å². The number of fused-ring (bicyclic) bond motifs is 3. The van der Waals surface area contributed by atoms with E-state index in [4.69, 9.17) is 37.6 Å². The first kappa shape index (κ1) is 39.5. The molecule has 0 radical (unpaired) electrons. The molecule has 1 aromatic rings. The molecule has 0 unspecified atom stereocenters. The third kappa shape index (κ3) is 5.21. The van der Waals surface area contributed by atoms with Crippen LogP contribution in [0, 0.1) is 33.5 Å². The summed E-state index contributed by atoms with van der Waals surface area (Å²) in [5.74, 6) is -6.16. The van der Waals surface area contributed by atoms with Gasteiger partial charge in [0.15, 0.2) is 0 Å². The molecule has 14 heteroatoms. The van der Waals surface area contributed by atoms with Crippen LogP contribution in [0.15, 0.2) is 34.7 Å². The van der Waals surface area contributed by atoms with Gasteiger partial charge in [-0.3, -0.25) is 24.0 Å². The van der Waals surface area contributed by atoms with E-state index in [0.717, 1.165) is 5.56 Å². The van der Waals surface area contributed by atoms with Crippen LogP contribution in [0.1, 0.15) is 100.0 Å². The van der Waals surface area contributed by atoms with Gasteiger partial charge in [-0.1, -0.05) is 26.8 Å². The molecule has 4 aliphatic carbocycles. The number of methoxy groups -OCH3 is 1. The van der Waals surface area contributed by atoms with Gasteiger partial charge in [-0.05, 0) is 51.2 Å². The van der Waals surface area contributed by atoms with Crippen molar-refractivity contribution in [1.29, 1.82) is 0 Å². The molecule has 0 N–H and O–H groups in total. The highest BCUT2D eigenvalue weighted by Gasteiger charge is 2.93. The second-order valence-corrected chi connectivity index (χ2v) is 16.6. The number of hydrogen-bond donors (Lipinski definition) is 0. The Labute approximate surface area is 314 Å². The topological polar surface area (TPSA) is 183 Å². The first-order chi connectivity index (χ1) is 25.2. The van der Waals surface area contributed by atoms with Crippen molar-refractivity contribution in [1.82, 2.24) is 0 Å². The summed E-state index contributed by atoms with van der Waals surface area (Å²) < 4.78 is 49.3.